The molecule has 5 atom stereocenters. The lowest BCUT2D eigenvalue weighted by Crippen LogP contribution is -2.58. The fourth-order valence-corrected chi connectivity index (χ4v) is 5.86. The van der Waals surface area contributed by atoms with Crippen molar-refractivity contribution in [2.45, 2.75) is 59.4 Å². The predicted octanol–water partition coefficient (Wildman–Crippen LogP) is 3.73. The average molecular weight is 324 g/mol. The van der Waals surface area contributed by atoms with Crippen molar-refractivity contribution in [3.8, 4) is 6.07 Å². The molecule has 24 heavy (non-hydrogen) atoms. The van der Waals surface area contributed by atoms with Crippen molar-refractivity contribution in [1.29, 1.82) is 5.26 Å². The number of allylic oxidation sites excluding steroid dienone is 2. The van der Waals surface area contributed by atoms with Gasteiger partial charge >= 0.3 is 0 Å². The molecule has 2 fully saturated rings. The third-order valence-electron chi connectivity index (χ3n) is 7.04. The van der Waals surface area contributed by atoms with Crippen LogP contribution in [0.5, 0.6) is 0 Å². The molecule has 126 valence electrons. The molecule has 3 aliphatic rings. The Hall–Kier alpha value is -1.94. The minimum atomic E-state index is -0.631. The van der Waals surface area contributed by atoms with Crippen LogP contribution in [-0.4, -0.2) is 17.6 Å². The number of hydrogen-bond donors (Lipinski definition) is 0. The van der Waals surface area contributed by atoms with Gasteiger partial charge in [-0.25, -0.2) is 6.57 Å². The number of Topliss-reactive ketones (excluding diaryl/α,β-unsaturated/α-hetero) is 1. The summed E-state index contributed by atoms with van der Waals surface area (Å²) in [5.41, 5.74) is 0.0228. The Labute approximate surface area is 143 Å². The van der Waals surface area contributed by atoms with Gasteiger partial charge in [0, 0.05) is 17.3 Å². The molecule has 0 bridgehead atoms. The third kappa shape index (κ3) is 2.02. The summed E-state index contributed by atoms with van der Waals surface area (Å²) in [6.45, 7) is 15.7. The zero-order valence-electron chi connectivity index (χ0n) is 14.8. The van der Waals surface area contributed by atoms with E-state index in [1.807, 2.05) is 13.8 Å². The summed E-state index contributed by atoms with van der Waals surface area (Å²) in [5, 5.41) is 9.28. The quantitative estimate of drug-likeness (QED) is 0.638. The van der Waals surface area contributed by atoms with Crippen LogP contribution in [-0.2, 0) is 9.59 Å². The Balaban J connectivity index is 2.15. The van der Waals surface area contributed by atoms with Crippen LogP contribution >= 0.6 is 0 Å². The maximum atomic E-state index is 12.7. The Morgan fingerprint density at radius 3 is 2.50 bits per heavy atom. The van der Waals surface area contributed by atoms with E-state index in [0.29, 0.717) is 12.8 Å². The van der Waals surface area contributed by atoms with Crippen molar-refractivity contribution >= 4 is 11.6 Å². The van der Waals surface area contributed by atoms with Crippen molar-refractivity contribution in [3.05, 3.63) is 23.1 Å². The molecule has 0 aromatic heterocycles. The standard InChI is InChI=1S/C20H24N2O2/c1-18(2)15-6-7-19(3)9-12(11-21)14(23)8-16(19)20(15,4)10-13(22-5)17(18)24/h8,12-13,15H,6-7,9-10H2,1-4H3/t12?,13?,15-,19-,20-/m0/s1. The van der Waals surface area contributed by atoms with Gasteiger partial charge in [0.1, 0.15) is 5.92 Å². The van der Waals surface area contributed by atoms with E-state index < -0.39 is 17.4 Å². The summed E-state index contributed by atoms with van der Waals surface area (Å²) in [7, 11) is 0. The molecule has 0 radical (unpaired) electrons. The van der Waals surface area contributed by atoms with Crippen molar-refractivity contribution in [2.24, 2.45) is 28.1 Å². The molecule has 2 unspecified atom stereocenters. The molecule has 4 heteroatoms. The molecule has 3 aliphatic carbocycles. The van der Waals surface area contributed by atoms with E-state index in [0.717, 1.165) is 18.4 Å². The molecule has 0 amide bonds. The molecule has 0 aliphatic heterocycles. The monoisotopic (exact) mass is 324 g/mol. The van der Waals surface area contributed by atoms with Crippen molar-refractivity contribution in [1.82, 2.24) is 0 Å². The van der Waals surface area contributed by atoms with Crippen LogP contribution in [0.2, 0.25) is 0 Å². The van der Waals surface area contributed by atoms with E-state index in [1.165, 1.54) is 0 Å². The Morgan fingerprint density at radius 2 is 1.92 bits per heavy atom. The number of nitriles is 1. The lowest BCUT2D eigenvalue weighted by atomic mass is 9.43. The Kier molecular flexibility index (Phi) is 3.54. The minimum Gasteiger partial charge on any atom is -0.305 e. The fourth-order valence-electron chi connectivity index (χ4n) is 5.86. The van der Waals surface area contributed by atoms with E-state index in [-0.39, 0.29) is 28.3 Å². The highest BCUT2D eigenvalue weighted by Crippen LogP contribution is 2.65. The van der Waals surface area contributed by atoms with Gasteiger partial charge in [0.2, 0.25) is 5.78 Å². The zero-order chi connectivity index (χ0) is 17.9. The number of carbonyl (C=O) groups is 2. The number of ketones is 2. The van der Waals surface area contributed by atoms with Crippen molar-refractivity contribution in [3.63, 3.8) is 0 Å². The lowest BCUT2D eigenvalue weighted by molar-refractivity contribution is -0.142. The number of carbonyl (C=O) groups excluding carboxylic acids is 2. The van der Waals surface area contributed by atoms with Gasteiger partial charge in [-0.2, -0.15) is 5.26 Å². The summed E-state index contributed by atoms with van der Waals surface area (Å²) in [6, 6.07) is 1.51. The van der Waals surface area contributed by atoms with Crippen LogP contribution in [0.1, 0.15) is 53.4 Å². The van der Waals surface area contributed by atoms with Gasteiger partial charge in [-0.1, -0.05) is 33.3 Å². The molecule has 2 saturated carbocycles. The SMILES string of the molecule is [C-]#[N+]C1C[C@]2(C)C3=CC(=O)C(C#N)C[C@]3(C)CC[C@H]2C(C)(C)C1=O. The summed E-state index contributed by atoms with van der Waals surface area (Å²) >= 11 is 0. The van der Waals surface area contributed by atoms with E-state index in [9.17, 15) is 14.9 Å². The first kappa shape index (κ1) is 16.9. The molecule has 0 heterocycles. The smallest absolute Gasteiger partial charge is 0.282 e. The van der Waals surface area contributed by atoms with E-state index in [1.54, 1.807) is 6.08 Å². The second-order valence-electron chi connectivity index (χ2n) is 8.85. The first-order chi connectivity index (χ1) is 11.1. The van der Waals surface area contributed by atoms with Gasteiger partial charge in [0.15, 0.2) is 5.78 Å². The Bertz CT molecular complexity index is 736. The summed E-state index contributed by atoms with van der Waals surface area (Å²) in [4.78, 5) is 28.7. The second-order valence-corrected chi connectivity index (χ2v) is 8.85. The third-order valence-corrected chi connectivity index (χ3v) is 7.04. The van der Waals surface area contributed by atoms with E-state index in [4.69, 9.17) is 6.57 Å². The van der Waals surface area contributed by atoms with Gasteiger partial charge in [-0.05, 0) is 36.7 Å². The zero-order valence-corrected chi connectivity index (χ0v) is 14.8. The first-order valence-electron chi connectivity index (χ1n) is 8.67. The highest BCUT2D eigenvalue weighted by atomic mass is 16.1. The van der Waals surface area contributed by atoms with Crippen molar-refractivity contribution in [2.75, 3.05) is 0 Å². The summed E-state index contributed by atoms with van der Waals surface area (Å²) < 4.78 is 0. The van der Waals surface area contributed by atoms with Crippen LogP contribution in [0.25, 0.3) is 4.85 Å². The van der Waals surface area contributed by atoms with Crippen LogP contribution in [0, 0.1) is 46.0 Å². The van der Waals surface area contributed by atoms with Gasteiger partial charge in [-0.3, -0.25) is 9.59 Å². The van der Waals surface area contributed by atoms with Crippen molar-refractivity contribution < 1.29 is 9.59 Å². The Morgan fingerprint density at radius 1 is 1.25 bits per heavy atom. The largest absolute Gasteiger partial charge is 0.305 e. The summed E-state index contributed by atoms with van der Waals surface area (Å²) in [5.74, 6) is -0.489. The fraction of sp³-hybridized carbons (Fsp3) is 0.700. The topological polar surface area (TPSA) is 62.3 Å². The number of fused-ring (bicyclic) bond motifs is 3. The molecular weight excluding hydrogens is 300 g/mol. The maximum absolute atomic E-state index is 12.7. The molecule has 0 aromatic carbocycles. The average Bonchev–Trinajstić information content (AvgIpc) is 2.52. The first-order valence-corrected chi connectivity index (χ1v) is 8.67. The van der Waals surface area contributed by atoms with Gasteiger partial charge in [-0.15, -0.1) is 0 Å². The molecule has 4 nitrogen and oxygen atoms in total. The van der Waals surface area contributed by atoms with Crippen LogP contribution in [0.3, 0.4) is 0 Å². The van der Waals surface area contributed by atoms with Crippen LogP contribution < -0.4 is 0 Å². The van der Waals surface area contributed by atoms with E-state index >= 15 is 0 Å². The molecule has 0 saturated heterocycles. The lowest BCUT2D eigenvalue weighted by Gasteiger charge is -2.59. The van der Waals surface area contributed by atoms with E-state index in [2.05, 4.69) is 24.8 Å². The second kappa shape index (κ2) is 5.03. The maximum Gasteiger partial charge on any atom is 0.282 e. The normalized spacial score (nSPS) is 43.8. The number of nitrogens with zero attached hydrogens (tertiary/aromatic N) is 2. The van der Waals surface area contributed by atoms with Crippen LogP contribution in [0.4, 0.5) is 0 Å². The molecule has 0 aromatic rings. The van der Waals surface area contributed by atoms with Gasteiger partial charge < -0.3 is 4.85 Å². The highest BCUT2D eigenvalue weighted by molar-refractivity contribution is 5.96. The molecule has 3 rings (SSSR count). The van der Waals surface area contributed by atoms with Gasteiger partial charge in [0.05, 0.1) is 6.07 Å². The molecular formula is C20H24N2O2. The molecule has 0 N–H and O–H groups in total. The van der Waals surface area contributed by atoms with Crippen LogP contribution in [0.15, 0.2) is 11.6 Å². The molecule has 0 spiro atoms. The van der Waals surface area contributed by atoms with Gasteiger partial charge in [0.25, 0.3) is 6.04 Å². The number of rotatable bonds is 0. The minimum absolute atomic E-state index is 0.0428. The highest BCUT2D eigenvalue weighted by Gasteiger charge is 2.63. The summed E-state index contributed by atoms with van der Waals surface area (Å²) in [6.07, 6.45) is 4.55. The number of hydrogen-bond acceptors (Lipinski definition) is 3. The predicted molar refractivity (Wildman–Crippen MR) is 89.5 cm³/mol.